The minimum atomic E-state index is 0.0202. The summed E-state index contributed by atoms with van der Waals surface area (Å²) in [5.41, 5.74) is 7.12. The summed E-state index contributed by atoms with van der Waals surface area (Å²) < 4.78 is 24.6. The van der Waals surface area contributed by atoms with Gasteiger partial charge in [0.05, 0.1) is 25.9 Å². The highest BCUT2D eigenvalue weighted by molar-refractivity contribution is 5.54. The van der Waals surface area contributed by atoms with Crippen LogP contribution < -0.4 is 19.5 Å². The van der Waals surface area contributed by atoms with Crippen molar-refractivity contribution in [3.05, 3.63) is 124 Å². The molecule has 1 saturated heterocycles. The number of morpholine rings is 1. The number of ether oxygens (including phenoxy) is 4. The van der Waals surface area contributed by atoms with Crippen molar-refractivity contribution in [3.63, 3.8) is 0 Å². The standard InChI is InChI=1S/C38H44N2O4/c1-28(2)34-23-35(37(44-27-30-12-7-4-8-13-30)24-36(34)43-26-29-10-5-3-6-11-29)38-33-15-14-32(22-31(33)25-39-38)42-19-9-16-40-17-20-41-21-18-40/h3-8,10-15,22-24,28,38-39H,9,16-21,25-27H2,1-2H3. The van der Waals surface area contributed by atoms with E-state index in [1.54, 1.807) is 0 Å². The Bertz CT molecular complexity index is 1490. The number of hydrogen-bond donors (Lipinski definition) is 1. The fraction of sp³-hybridized carbons (Fsp3) is 0.368. The zero-order valence-corrected chi connectivity index (χ0v) is 26.0. The Morgan fingerprint density at radius 1 is 0.773 bits per heavy atom. The number of rotatable bonds is 13. The van der Waals surface area contributed by atoms with Crippen LogP contribution in [-0.2, 0) is 24.5 Å². The topological polar surface area (TPSA) is 52.2 Å². The Hall–Kier alpha value is -3.84. The molecule has 1 unspecified atom stereocenters. The third-order valence-corrected chi connectivity index (χ3v) is 8.46. The maximum absolute atomic E-state index is 6.56. The van der Waals surface area contributed by atoms with Gasteiger partial charge in [0, 0.05) is 37.8 Å². The van der Waals surface area contributed by atoms with E-state index < -0.39 is 0 Å². The average Bonchev–Trinajstić information content (AvgIpc) is 3.49. The first kappa shape index (κ1) is 30.2. The van der Waals surface area contributed by atoms with Crippen molar-refractivity contribution < 1.29 is 18.9 Å². The zero-order valence-electron chi connectivity index (χ0n) is 26.0. The summed E-state index contributed by atoms with van der Waals surface area (Å²) >= 11 is 0. The SMILES string of the molecule is CC(C)c1cc(C2NCc3cc(OCCCN4CCOCC4)ccc32)c(OCc2ccccc2)cc1OCc1ccccc1. The molecule has 4 aromatic carbocycles. The van der Waals surface area contributed by atoms with Crippen molar-refractivity contribution in [2.45, 2.75) is 52.0 Å². The highest BCUT2D eigenvalue weighted by atomic mass is 16.5. The van der Waals surface area contributed by atoms with Gasteiger partial charge in [-0.1, -0.05) is 80.6 Å². The van der Waals surface area contributed by atoms with E-state index in [0.29, 0.717) is 19.8 Å². The minimum Gasteiger partial charge on any atom is -0.494 e. The molecule has 4 aromatic rings. The Balaban J connectivity index is 1.22. The second kappa shape index (κ2) is 14.8. The maximum Gasteiger partial charge on any atom is 0.128 e. The van der Waals surface area contributed by atoms with Crippen LogP contribution in [0.1, 0.15) is 65.6 Å². The highest BCUT2D eigenvalue weighted by Crippen LogP contribution is 2.42. The summed E-state index contributed by atoms with van der Waals surface area (Å²) in [4.78, 5) is 2.45. The van der Waals surface area contributed by atoms with Gasteiger partial charge in [-0.2, -0.15) is 0 Å². The Morgan fingerprint density at radius 3 is 2.14 bits per heavy atom. The summed E-state index contributed by atoms with van der Waals surface area (Å²) in [6.45, 7) is 11.7. The van der Waals surface area contributed by atoms with Crippen molar-refractivity contribution in [3.8, 4) is 17.2 Å². The fourth-order valence-corrected chi connectivity index (χ4v) is 6.00. The molecule has 2 aliphatic rings. The van der Waals surface area contributed by atoms with E-state index in [2.05, 4.69) is 78.7 Å². The molecule has 2 aliphatic heterocycles. The molecule has 0 aliphatic carbocycles. The van der Waals surface area contributed by atoms with Gasteiger partial charge in [0.2, 0.25) is 0 Å². The van der Waals surface area contributed by atoms with Gasteiger partial charge < -0.3 is 24.3 Å². The second-order valence-corrected chi connectivity index (χ2v) is 12.0. The number of nitrogens with one attached hydrogen (secondary N) is 1. The van der Waals surface area contributed by atoms with E-state index in [1.165, 1.54) is 16.7 Å². The molecule has 1 N–H and O–H groups in total. The predicted octanol–water partition coefficient (Wildman–Crippen LogP) is 7.26. The van der Waals surface area contributed by atoms with Crippen LogP contribution in [0, 0.1) is 0 Å². The van der Waals surface area contributed by atoms with Crippen LogP contribution >= 0.6 is 0 Å². The first-order valence-corrected chi connectivity index (χ1v) is 15.9. The van der Waals surface area contributed by atoms with E-state index in [0.717, 1.165) is 79.8 Å². The highest BCUT2D eigenvalue weighted by Gasteiger charge is 2.28. The van der Waals surface area contributed by atoms with Crippen molar-refractivity contribution in [1.29, 1.82) is 0 Å². The largest absolute Gasteiger partial charge is 0.494 e. The van der Waals surface area contributed by atoms with E-state index in [1.807, 2.05) is 36.4 Å². The lowest BCUT2D eigenvalue weighted by atomic mass is 9.92. The Labute approximate surface area is 261 Å². The summed E-state index contributed by atoms with van der Waals surface area (Å²) in [5.74, 6) is 2.93. The van der Waals surface area contributed by atoms with E-state index in [4.69, 9.17) is 18.9 Å². The van der Waals surface area contributed by atoms with Crippen LogP contribution in [0.4, 0.5) is 0 Å². The lowest BCUT2D eigenvalue weighted by Gasteiger charge is -2.26. The number of benzene rings is 4. The third kappa shape index (κ3) is 7.62. The van der Waals surface area contributed by atoms with Crippen molar-refractivity contribution in [2.24, 2.45) is 0 Å². The number of fused-ring (bicyclic) bond motifs is 1. The molecular weight excluding hydrogens is 548 g/mol. The zero-order chi connectivity index (χ0) is 30.1. The lowest BCUT2D eigenvalue weighted by molar-refractivity contribution is 0.0358. The molecule has 2 heterocycles. The van der Waals surface area contributed by atoms with Crippen LogP contribution in [0.5, 0.6) is 17.2 Å². The molecule has 230 valence electrons. The second-order valence-electron chi connectivity index (χ2n) is 12.0. The molecule has 44 heavy (non-hydrogen) atoms. The van der Waals surface area contributed by atoms with Gasteiger partial charge in [0.25, 0.3) is 0 Å². The van der Waals surface area contributed by atoms with Gasteiger partial charge in [0.15, 0.2) is 0 Å². The third-order valence-electron chi connectivity index (χ3n) is 8.46. The Morgan fingerprint density at radius 2 is 1.45 bits per heavy atom. The van der Waals surface area contributed by atoms with Gasteiger partial charge in [-0.25, -0.2) is 0 Å². The van der Waals surface area contributed by atoms with Crippen LogP contribution in [0.15, 0.2) is 91.0 Å². The Kier molecular flexibility index (Phi) is 10.1. The van der Waals surface area contributed by atoms with Crippen LogP contribution in [-0.4, -0.2) is 44.4 Å². The van der Waals surface area contributed by atoms with Crippen LogP contribution in [0.3, 0.4) is 0 Å². The summed E-state index contributed by atoms with van der Waals surface area (Å²) in [6, 6.07) is 31.6. The van der Waals surface area contributed by atoms with Crippen molar-refractivity contribution >= 4 is 0 Å². The molecule has 0 spiro atoms. The predicted molar refractivity (Wildman–Crippen MR) is 175 cm³/mol. The molecule has 6 rings (SSSR count). The average molecular weight is 593 g/mol. The van der Waals surface area contributed by atoms with E-state index in [9.17, 15) is 0 Å². The molecule has 6 nitrogen and oxygen atoms in total. The van der Waals surface area contributed by atoms with Crippen molar-refractivity contribution in [2.75, 3.05) is 39.5 Å². The van der Waals surface area contributed by atoms with E-state index >= 15 is 0 Å². The molecule has 0 bridgehead atoms. The fourth-order valence-electron chi connectivity index (χ4n) is 6.00. The molecule has 1 atom stereocenters. The monoisotopic (exact) mass is 592 g/mol. The molecule has 0 amide bonds. The summed E-state index contributed by atoms with van der Waals surface area (Å²) in [7, 11) is 0. The number of nitrogens with zero attached hydrogens (tertiary/aromatic N) is 1. The maximum atomic E-state index is 6.56. The van der Waals surface area contributed by atoms with Gasteiger partial charge in [0.1, 0.15) is 30.5 Å². The molecule has 6 heteroatoms. The first-order chi connectivity index (χ1) is 21.6. The molecule has 0 saturated carbocycles. The molecule has 0 aromatic heterocycles. The van der Waals surface area contributed by atoms with Crippen LogP contribution in [0.2, 0.25) is 0 Å². The first-order valence-electron chi connectivity index (χ1n) is 15.9. The smallest absolute Gasteiger partial charge is 0.128 e. The minimum absolute atomic E-state index is 0.0202. The van der Waals surface area contributed by atoms with Gasteiger partial charge in [-0.15, -0.1) is 0 Å². The van der Waals surface area contributed by atoms with Gasteiger partial charge >= 0.3 is 0 Å². The quantitative estimate of drug-likeness (QED) is 0.165. The lowest BCUT2D eigenvalue weighted by Crippen LogP contribution is -2.37. The summed E-state index contributed by atoms with van der Waals surface area (Å²) in [5, 5.41) is 3.76. The van der Waals surface area contributed by atoms with Gasteiger partial charge in [-0.05, 0) is 58.4 Å². The van der Waals surface area contributed by atoms with Crippen molar-refractivity contribution in [1.82, 2.24) is 10.2 Å². The number of hydrogen-bond acceptors (Lipinski definition) is 6. The van der Waals surface area contributed by atoms with Crippen LogP contribution in [0.25, 0.3) is 0 Å². The normalized spacial score (nSPS) is 16.6. The summed E-state index contributed by atoms with van der Waals surface area (Å²) in [6.07, 6.45) is 1.01. The van der Waals surface area contributed by atoms with E-state index in [-0.39, 0.29) is 12.0 Å². The molecule has 0 radical (unpaired) electrons. The molecule has 1 fully saturated rings. The van der Waals surface area contributed by atoms with Gasteiger partial charge in [-0.3, -0.25) is 4.90 Å². The molecular formula is C38H44N2O4.